The molecule has 0 spiro atoms. The van der Waals surface area contributed by atoms with Gasteiger partial charge in [0.25, 0.3) is 5.91 Å². The second-order valence-corrected chi connectivity index (χ2v) is 3.46. The molecule has 0 aromatic heterocycles. The molecule has 1 rings (SSSR count). The summed E-state index contributed by atoms with van der Waals surface area (Å²) in [5.74, 6) is 4.61. The Morgan fingerprint density at radius 3 is 2.87 bits per heavy atom. The summed E-state index contributed by atoms with van der Waals surface area (Å²) in [7, 11) is 0. The molecule has 1 amide bonds. The van der Waals surface area contributed by atoms with Crippen LogP contribution in [0.4, 0.5) is 0 Å². The maximum atomic E-state index is 11.0. The Morgan fingerprint density at radius 2 is 2.27 bits per heavy atom. The number of hydrogen-bond acceptors (Lipinski definition) is 3. The monoisotopic (exact) mass is 228 g/mol. The topological polar surface area (TPSA) is 64.3 Å². The van der Waals surface area contributed by atoms with Crippen molar-refractivity contribution in [2.45, 2.75) is 19.6 Å². The second kappa shape index (κ2) is 5.70. The van der Waals surface area contributed by atoms with Gasteiger partial charge >= 0.3 is 0 Å². The molecule has 0 aliphatic rings. The minimum Gasteiger partial charge on any atom is -0.364 e. The third-order valence-corrected chi connectivity index (χ3v) is 2.33. The fourth-order valence-corrected chi connectivity index (χ4v) is 1.21. The zero-order valence-electron chi connectivity index (χ0n) is 8.37. The number of carbonyl (C=O) groups is 1. The molecule has 1 aromatic carbocycles. The van der Waals surface area contributed by atoms with Crippen LogP contribution in [0.5, 0.6) is 0 Å². The predicted molar refractivity (Wildman–Crippen MR) is 58.0 cm³/mol. The molecule has 0 saturated carbocycles. The van der Waals surface area contributed by atoms with Gasteiger partial charge in [-0.25, -0.2) is 5.84 Å². The minimum atomic E-state index is -0.591. The maximum absolute atomic E-state index is 11.0. The molecule has 0 radical (unpaired) electrons. The zero-order chi connectivity index (χ0) is 11.3. The fraction of sp³-hybridized carbons (Fsp3) is 0.300. The molecule has 4 nitrogen and oxygen atoms in total. The third-order valence-electron chi connectivity index (χ3n) is 1.96. The zero-order valence-corrected chi connectivity index (χ0v) is 9.12. The number of amides is 1. The van der Waals surface area contributed by atoms with Crippen LogP contribution in [0.2, 0.25) is 5.02 Å². The summed E-state index contributed by atoms with van der Waals surface area (Å²) in [4.78, 5) is 11.0. The molecule has 1 aromatic rings. The van der Waals surface area contributed by atoms with Gasteiger partial charge in [0, 0.05) is 5.02 Å². The molecule has 3 N–H and O–H groups in total. The normalized spacial score (nSPS) is 12.2. The van der Waals surface area contributed by atoms with Crippen LogP contribution < -0.4 is 11.3 Å². The Labute approximate surface area is 93.3 Å². The van der Waals surface area contributed by atoms with Crippen molar-refractivity contribution in [1.29, 1.82) is 0 Å². The summed E-state index contributed by atoms with van der Waals surface area (Å²) >= 11 is 5.92. The van der Waals surface area contributed by atoms with Crippen molar-refractivity contribution in [3.63, 3.8) is 0 Å². The van der Waals surface area contributed by atoms with Gasteiger partial charge < -0.3 is 4.74 Å². The standard InChI is InChI=1S/C10H13ClN2O2/c1-7(10(14)13-12)15-6-8-4-2-3-5-9(8)11/h2-5,7H,6,12H2,1H3,(H,13,14). The molecule has 0 aliphatic carbocycles. The number of benzene rings is 1. The second-order valence-electron chi connectivity index (χ2n) is 3.05. The van der Waals surface area contributed by atoms with E-state index in [9.17, 15) is 4.79 Å². The van der Waals surface area contributed by atoms with Crippen LogP contribution in [0.15, 0.2) is 24.3 Å². The quantitative estimate of drug-likeness (QED) is 0.463. The number of ether oxygens (including phenoxy) is 1. The third kappa shape index (κ3) is 3.51. The Kier molecular flexibility index (Phi) is 4.55. The molecular weight excluding hydrogens is 216 g/mol. The van der Waals surface area contributed by atoms with Crippen molar-refractivity contribution in [2.24, 2.45) is 5.84 Å². The van der Waals surface area contributed by atoms with Crippen molar-refractivity contribution in [3.8, 4) is 0 Å². The lowest BCUT2D eigenvalue weighted by atomic mass is 10.2. The van der Waals surface area contributed by atoms with Crippen molar-refractivity contribution in [1.82, 2.24) is 5.43 Å². The first kappa shape index (κ1) is 12.0. The van der Waals surface area contributed by atoms with Gasteiger partial charge in [0.1, 0.15) is 6.10 Å². The molecule has 0 aliphatic heterocycles. The number of hydrogen-bond donors (Lipinski definition) is 2. The highest BCUT2D eigenvalue weighted by Gasteiger charge is 2.11. The number of halogens is 1. The van der Waals surface area contributed by atoms with E-state index in [2.05, 4.69) is 0 Å². The van der Waals surface area contributed by atoms with Gasteiger partial charge in [0.15, 0.2) is 0 Å². The molecule has 1 atom stereocenters. The molecule has 0 heterocycles. The van der Waals surface area contributed by atoms with E-state index in [1.807, 2.05) is 23.6 Å². The number of hydrazine groups is 1. The first-order valence-electron chi connectivity index (χ1n) is 4.50. The lowest BCUT2D eigenvalue weighted by molar-refractivity contribution is -0.132. The summed E-state index contributed by atoms with van der Waals surface area (Å²) in [5.41, 5.74) is 2.86. The summed E-state index contributed by atoms with van der Waals surface area (Å²) in [6.07, 6.45) is -0.591. The molecule has 0 saturated heterocycles. The van der Waals surface area contributed by atoms with E-state index in [0.29, 0.717) is 5.02 Å². The molecule has 1 unspecified atom stereocenters. The molecular formula is C10H13ClN2O2. The van der Waals surface area contributed by atoms with Crippen LogP contribution in [-0.2, 0) is 16.1 Å². The van der Waals surface area contributed by atoms with E-state index in [4.69, 9.17) is 22.2 Å². The lowest BCUT2D eigenvalue weighted by Gasteiger charge is -2.11. The SMILES string of the molecule is CC(OCc1ccccc1Cl)C(=O)NN. The number of nitrogens with one attached hydrogen (secondary N) is 1. The molecule has 82 valence electrons. The smallest absolute Gasteiger partial charge is 0.262 e. The van der Waals surface area contributed by atoms with Crippen LogP contribution in [0, 0.1) is 0 Å². The summed E-state index contributed by atoms with van der Waals surface area (Å²) in [6, 6.07) is 7.31. The van der Waals surface area contributed by atoms with E-state index < -0.39 is 6.10 Å². The molecule has 5 heteroatoms. The van der Waals surface area contributed by atoms with Crippen LogP contribution >= 0.6 is 11.6 Å². The summed E-state index contributed by atoms with van der Waals surface area (Å²) in [6.45, 7) is 1.91. The van der Waals surface area contributed by atoms with Crippen LogP contribution in [0.25, 0.3) is 0 Å². The van der Waals surface area contributed by atoms with Gasteiger partial charge in [-0.3, -0.25) is 10.2 Å². The summed E-state index contributed by atoms with van der Waals surface area (Å²) < 4.78 is 5.29. The molecule has 15 heavy (non-hydrogen) atoms. The number of carbonyl (C=O) groups excluding carboxylic acids is 1. The Hall–Kier alpha value is -1.10. The van der Waals surface area contributed by atoms with Gasteiger partial charge in [-0.2, -0.15) is 0 Å². The maximum Gasteiger partial charge on any atom is 0.262 e. The largest absolute Gasteiger partial charge is 0.364 e. The van der Waals surface area contributed by atoms with E-state index in [1.54, 1.807) is 13.0 Å². The minimum absolute atomic E-state index is 0.286. The Morgan fingerprint density at radius 1 is 1.60 bits per heavy atom. The van der Waals surface area contributed by atoms with E-state index in [-0.39, 0.29) is 12.5 Å². The van der Waals surface area contributed by atoms with Crippen molar-refractivity contribution in [3.05, 3.63) is 34.9 Å². The van der Waals surface area contributed by atoms with Crippen LogP contribution in [0.1, 0.15) is 12.5 Å². The van der Waals surface area contributed by atoms with E-state index in [0.717, 1.165) is 5.56 Å². The van der Waals surface area contributed by atoms with Crippen LogP contribution in [-0.4, -0.2) is 12.0 Å². The fourth-order valence-electron chi connectivity index (χ4n) is 1.02. The van der Waals surface area contributed by atoms with Crippen molar-refractivity contribution in [2.75, 3.05) is 0 Å². The van der Waals surface area contributed by atoms with E-state index in [1.165, 1.54) is 0 Å². The highest BCUT2D eigenvalue weighted by molar-refractivity contribution is 6.31. The first-order chi connectivity index (χ1) is 7.15. The highest BCUT2D eigenvalue weighted by atomic mass is 35.5. The predicted octanol–water partition coefficient (Wildman–Crippen LogP) is 1.23. The average Bonchev–Trinajstić information content (AvgIpc) is 2.26. The molecule has 0 bridgehead atoms. The Bertz CT molecular complexity index is 344. The first-order valence-corrected chi connectivity index (χ1v) is 4.88. The Balaban J connectivity index is 2.50. The number of rotatable bonds is 4. The van der Waals surface area contributed by atoms with Gasteiger partial charge in [0.2, 0.25) is 0 Å². The van der Waals surface area contributed by atoms with Gasteiger partial charge in [-0.1, -0.05) is 29.8 Å². The van der Waals surface area contributed by atoms with Crippen molar-refractivity contribution >= 4 is 17.5 Å². The average molecular weight is 229 g/mol. The lowest BCUT2D eigenvalue weighted by Crippen LogP contribution is -2.38. The van der Waals surface area contributed by atoms with Gasteiger partial charge in [-0.15, -0.1) is 0 Å². The van der Waals surface area contributed by atoms with Gasteiger partial charge in [0.05, 0.1) is 6.61 Å². The molecule has 0 fully saturated rings. The number of nitrogens with two attached hydrogens (primary N) is 1. The highest BCUT2D eigenvalue weighted by Crippen LogP contribution is 2.16. The van der Waals surface area contributed by atoms with Crippen LogP contribution in [0.3, 0.4) is 0 Å². The summed E-state index contributed by atoms with van der Waals surface area (Å²) in [5, 5.41) is 0.623. The van der Waals surface area contributed by atoms with Gasteiger partial charge in [-0.05, 0) is 18.6 Å². The van der Waals surface area contributed by atoms with E-state index >= 15 is 0 Å². The van der Waals surface area contributed by atoms with Crippen molar-refractivity contribution < 1.29 is 9.53 Å².